The van der Waals surface area contributed by atoms with Gasteiger partial charge in [-0.1, -0.05) is 86.5 Å². The maximum absolute atomic E-state index is 11.3. The highest BCUT2D eigenvalue weighted by Crippen LogP contribution is 2.58. The largest absolute Gasteiger partial charge is 0.507 e. The molecule has 0 fully saturated rings. The van der Waals surface area contributed by atoms with Crippen LogP contribution in [0.4, 0.5) is 0 Å². The van der Waals surface area contributed by atoms with Crippen molar-refractivity contribution in [3.05, 3.63) is 76.9 Å². The summed E-state index contributed by atoms with van der Waals surface area (Å²) < 4.78 is 0. The van der Waals surface area contributed by atoms with E-state index in [1.807, 2.05) is 0 Å². The van der Waals surface area contributed by atoms with E-state index in [0.717, 1.165) is 10.9 Å². The molecule has 27 heavy (non-hydrogen) atoms. The fraction of sp³-hybridized carbons (Fsp3) is 0.360. The standard InChI is InChI=1S/C25H31OP/c1-17-16-25(7,19(3)18(17)2)27(20-12-9-8-10-13-20)22-15-11-14-21(23(22)26)24(4,5)6/h8-16,26H,1-7H3. The average molecular weight is 378 g/mol. The van der Waals surface area contributed by atoms with E-state index in [-0.39, 0.29) is 10.6 Å². The van der Waals surface area contributed by atoms with Gasteiger partial charge in [0.05, 0.1) is 0 Å². The zero-order valence-corrected chi connectivity index (χ0v) is 18.5. The number of rotatable bonds is 3. The van der Waals surface area contributed by atoms with Crippen LogP contribution in [0.15, 0.2) is 71.3 Å². The molecule has 0 aliphatic heterocycles. The Kier molecular flexibility index (Phi) is 5.12. The molecule has 0 saturated heterocycles. The third-order valence-electron chi connectivity index (χ3n) is 5.95. The lowest BCUT2D eigenvalue weighted by molar-refractivity contribution is 0.451. The summed E-state index contributed by atoms with van der Waals surface area (Å²) in [5, 5.41) is 13.6. The van der Waals surface area contributed by atoms with E-state index in [1.165, 1.54) is 22.0 Å². The van der Waals surface area contributed by atoms with Gasteiger partial charge in [-0.15, -0.1) is 0 Å². The molecule has 1 aliphatic rings. The summed E-state index contributed by atoms with van der Waals surface area (Å²) >= 11 is 0. The first-order valence-electron chi connectivity index (χ1n) is 9.63. The molecule has 0 bridgehead atoms. The Labute approximate surface area is 165 Å². The molecule has 1 N–H and O–H groups in total. The minimum atomic E-state index is -0.795. The van der Waals surface area contributed by atoms with Crippen molar-refractivity contribution in [2.24, 2.45) is 0 Å². The molecule has 2 unspecified atom stereocenters. The van der Waals surface area contributed by atoms with Crippen LogP contribution >= 0.6 is 7.92 Å². The fourth-order valence-electron chi connectivity index (χ4n) is 4.10. The van der Waals surface area contributed by atoms with Gasteiger partial charge in [0, 0.05) is 10.5 Å². The monoisotopic (exact) mass is 378 g/mol. The summed E-state index contributed by atoms with van der Waals surface area (Å²) in [6.45, 7) is 15.5. The number of benzene rings is 2. The molecule has 2 aromatic rings. The maximum atomic E-state index is 11.3. The van der Waals surface area contributed by atoms with Gasteiger partial charge in [-0.05, 0) is 57.5 Å². The molecule has 0 saturated carbocycles. The second-order valence-corrected chi connectivity index (χ2v) is 11.4. The number of para-hydroxylation sites is 1. The highest BCUT2D eigenvalue weighted by atomic mass is 31.1. The van der Waals surface area contributed by atoms with Crippen molar-refractivity contribution >= 4 is 18.5 Å². The predicted molar refractivity (Wildman–Crippen MR) is 120 cm³/mol. The molecule has 142 valence electrons. The Morgan fingerprint density at radius 3 is 2.04 bits per heavy atom. The van der Waals surface area contributed by atoms with Crippen molar-refractivity contribution in [3.8, 4) is 5.75 Å². The first-order chi connectivity index (χ1) is 12.6. The van der Waals surface area contributed by atoms with Crippen LogP contribution in [0, 0.1) is 0 Å². The Morgan fingerprint density at radius 1 is 0.889 bits per heavy atom. The number of allylic oxidation sites excluding steroid dienone is 4. The van der Waals surface area contributed by atoms with Gasteiger partial charge in [-0.2, -0.15) is 0 Å². The van der Waals surface area contributed by atoms with Gasteiger partial charge in [0.2, 0.25) is 0 Å². The minimum Gasteiger partial charge on any atom is -0.507 e. The first kappa shape index (κ1) is 19.9. The third kappa shape index (κ3) is 3.39. The van der Waals surface area contributed by atoms with Gasteiger partial charge in [0.15, 0.2) is 0 Å². The maximum Gasteiger partial charge on any atom is 0.127 e. The van der Waals surface area contributed by atoms with Gasteiger partial charge >= 0.3 is 0 Å². The minimum absolute atomic E-state index is 0.0963. The Bertz CT molecular complexity index is 915. The Morgan fingerprint density at radius 2 is 1.52 bits per heavy atom. The molecule has 0 amide bonds. The molecule has 1 nitrogen and oxygen atoms in total. The van der Waals surface area contributed by atoms with Crippen LogP contribution in [0.5, 0.6) is 5.75 Å². The van der Waals surface area contributed by atoms with Crippen molar-refractivity contribution < 1.29 is 5.11 Å². The Balaban J connectivity index is 2.30. The lowest BCUT2D eigenvalue weighted by Crippen LogP contribution is -2.31. The van der Waals surface area contributed by atoms with Crippen LogP contribution in [-0.4, -0.2) is 10.3 Å². The molecule has 0 spiro atoms. The smallest absolute Gasteiger partial charge is 0.127 e. The van der Waals surface area contributed by atoms with E-state index in [1.54, 1.807) is 0 Å². The predicted octanol–water partition coefficient (Wildman–Crippen LogP) is 6.18. The van der Waals surface area contributed by atoms with Crippen molar-refractivity contribution in [1.82, 2.24) is 0 Å². The van der Waals surface area contributed by atoms with Crippen LogP contribution in [0.2, 0.25) is 0 Å². The molecule has 3 rings (SSSR count). The second kappa shape index (κ2) is 6.95. The number of hydrogen-bond donors (Lipinski definition) is 1. The normalized spacial score (nSPS) is 21.4. The fourth-order valence-corrected chi connectivity index (χ4v) is 7.28. The van der Waals surface area contributed by atoms with E-state index in [9.17, 15) is 5.11 Å². The second-order valence-electron chi connectivity index (χ2n) is 8.82. The zero-order chi connectivity index (χ0) is 20.0. The summed E-state index contributed by atoms with van der Waals surface area (Å²) in [4.78, 5) is 0. The quantitative estimate of drug-likeness (QED) is 0.633. The Hall–Kier alpha value is -1.85. The van der Waals surface area contributed by atoms with Crippen LogP contribution in [0.25, 0.3) is 0 Å². The molecule has 0 radical (unpaired) electrons. The molecule has 0 heterocycles. The highest BCUT2D eigenvalue weighted by molar-refractivity contribution is 7.75. The molecular formula is C25H31OP. The third-order valence-corrected chi connectivity index (χ3v) is 9.00. The molecular weight excluding hydrogens is 347 g/mol. The zero-order valence-electron chi connectivity index (χ0n) is 17.6. The molecule has 2 aromatic carbocycles. The van der Waals surface area contributed by atoms with Crippen LogP contribution in [-0.2, 0) is 5.41 Å². The van der Waals surface area contributed by atoms with E-state index < -0.39 is 7.92 Å². The first-order valence-corrected chi connectivity index (χ1v) is 11.0. The highest BCUT2D eigenvalue weighted by Gasteiger charge is 2.41. The lowest BCUT2D eigenvalue weighted by atomic mass is 9.86. The number of phenolic OH excluding ortho intramolecular Hbond substituents is 1. The van der Waals surface area contributed by atoms with Crippen molar-refractivity contribution in [2.75, 3.05) is 0 Å². The van der Waals surface area contributed by atoms with E-state index >= 15 is 0 Å². The lowest BCUT2D eigenvalue weighted by Gasteiger charge is -2.37. The topological polar surface area (TPSA) is 20.2 Å². The van der Waals surface area contributed by atoms with Crippen molar-refractivity contribution in [1.29, 1.82) is 0 Å². The molecule has 0 aromatic heterocycles. The van der Waals surface area contributed by atoms with Gasteiger partial charge in [0.25, 0.3) is 0 Å². The van der Waals surface area contributed by atoms with Gasteiger partial charge in [-0.3, -0.25) is 0 Å². The van der Waals surface area contributed by atoms with Gasteiger partial charge in [-0.25, -0.2) is 0 Å². The van der Waals surface area contributed by atoms with Crippen molar-refractivity contribution in [3.63, 3.8) is 0 Å². The number of phenols is 1. The molecule has 2 heteroatoms. The summed E-state index contributed by atoms with van der Waals surface area (Å²) in [5.74, 6) is 0.463. The van der Waals surface area contributed by atoms with Gasteiger partial charge in [0.1, 0.15) is 5.75 Å². The SMILES string of the molecule is CC1=CC(C)(P(c2ccccc2)c2cccc(C(C)(C)C)c2O)C(C)=C1C. The van der Waals surface area contributed by atoms with Crippen molar-refractivity contribution in [2.45, 2.75) is 59.0 Å². The van der Waals surface area contributed by atoms with E-state index in [4.69, 9.17) is 0 Å². The average Bonchev–Trinajstić information content (AvgIpc) is 2.80. The van der Waals surface area contributed by atoms with Crippen LogP contribution in [0.3, 0.4) is 0 Å². The summed E-state index contributed by atoms with van der Waals surface area (Å²) in [6, 6.07) is 17.0. The molecule has 1 aliphatic carbocycles. The van der Waals surface area contributed by atoms with Gasteiger partial charge < -0.3 is 5.11 Å². The van der Waals surface area contributed by atoms with Crippen LogP contribution in [0.1, 0.15) is 54.0 Å². The number of hydrogen-bond acceptors (Lipinski definition) is 1. The number of aromatic hydroxyl groups is 1. The summed E-state index contributed by atoms with van der Waals surface area (Å²) in [6.07, 6.45) is 2.42. The summed E-state index contributed by atoms with van der Waals surface area (Å²) in [5.41, 5.74) is 5.07. The molecule has 2 atom stereocenters. The van der Waals surface area contributed by atoms with E-state index in [2.05, 4.69) is 103 Å². The van der Waals surface area contributed by atoms with Crippen LogP contribution < -0.4 is 10.6 Å². The van der Waals surface area contributed by atoms with E-state index in [0.29, 0.717) is 5.75 Å². The summed E-state index contributed by atoms with van der Waals surface area (Å²) in [7, 11) is -0.795.